The van der Waals surface area contributed by atoms with Crippen LogP contribution in [0, 0.1) is 5.82 Å². The van der Waals surface area contributed by atoms with Crippen LogP contribution in [0.5, 0.6) is 0 Å². The van der Waals surface area contributed by atoms with Gasteiger partial charge in [0.25, 0.3) is 5.82 Å². The van der Waals surface area contributed by atoms with Crippen molar-refractivity contribution in [2.75, 3.05) is 5.32 Å². The number of alkyl halides is 3. The third kappa shape index (κ3) is 2.66. The molecule has 124 valence electrons. The van der Waals surface area contributed by atoms with E-state index in [0.29, 0.717) is 4.52 Å². The minimum atomic E-state index is -4.63. The molecule has 2 heterocycles. The maximum Gasteiger partial charge on any atom is 0.453 e. The molecule has 3 aromatic rings. The highest BCUT2D eigenvalue weighted by Gasteiger charge is 2.40. The smallest absolute Gasteiger partial charge is 0.365 e. The minimum Gasteiger partial charge on any atom is -0.365 e. The van der Waals surface area contributed by atoms with E-state index in [4.69, 9.17) is 0 Å². The van der Waals surface area contributed by atoms with Crippen LogP contribution in [0.15, 0.2) is 36.4 Å². The lowest BCUT2D eigenvalue weighted by molar-refractivity contribution is -0.146. The lowest BCUT2D eigenvalue weighted by Gasteiger charge is -2.07. The molecular weight excluding hydrogens is 326 g/mol. The summed E-state index contributed by atoms with van der Waals surface area (Å²) in [5, 5.41) is 13.6. The second-order valence-electron chi connectivity index (χ2n) is 5.66. The first-order chi connectivity index (χ1) is 11.4. The van der Waals surface area contributed by atoms with Crippen molar-refractivity contribution in [2.24, 2.45) is 0 Å². The van der Waals surface area contributed by atoms with E-state index in [1.54, 1.807) is 12.1 Å². The summed E-state index contributed by atoms with van der Waals surface area (Å²) in [6.45, 7) is 0. The number of rotatable bonds is 3. The topological polar surface area (TPSA) is 55.1 Å². The number of benzene rings is 1. The predicted molar refractivity (Wildman–Crippen MR) is 77.0 cm³/mol. The fraction of sp³-hybridized carbons (Fsp3) is 0.267. The van der Waals surface area contributed by atoms with Gasteiger partial charge in [-0.15, -0.1) is 15.3 Å². The maximum absolute atomic E-state index is 13.2. The highest BCUT2D eigenvalue weighted by atomic mass is 19.4. The van der Waals surface area contributed by atoms with Gasteiger partial charge in [-0.05, 0) is 36.2 Å². The van der Waals surface area contributed by atoms with Crippen molar-refractivity contribution in [1.29, 1.82) is 0 Å². The van der Waals surface area contributed by atoms with Crippen LogP contribution in [-0.2, 0) is 6.18 Å². The first-order valence-corrected chi connectivity index (χ1v) is 7.23. The maximum atomic E-state index is 13.2. The van der Waals surface area contributed by atoms with Gasteiger partial charge in [-0.2, -0.15) is 17.7 Å². The lowest BCUT2D eigenvalue weighted by Crippen LogP contribution is -2.14. The molecule has 1 fully saturated rings. The molecule has 5 nitrogen and oxygen atoms in total. The summed E-state index contributed by atoms with van der Waals surface area (Å²) in [6, 6.07) is 9.26. The Morgan fingerprint density at radius 3 is 2.71 bits per heavy atom. The molecule has 0 bridgehead atoms. The molecule has 0 radical (unpaired) electrons. The van der Waals surface area contributed by atoms with Crippen LogP contribution in [-0.4, -0.2) is 25.9 Å². The van der Waals surface area contributed by atoms with Gasteiger partial charge in [0.05, 0.1) is 0 Å². The summed E-state index contributed by atoms with van der Waals surface area (Å²) in [4.78, 5) is 0. The van der Waals surface area contributed by atoms with Crippen LogP contribution in [0.4, 0.5) is 23.4 Å². The monoisotopic (exact) mass is 337 g/mol. The third-order valence-electron chi connectivity index (χ3n) is 3.92. The van der Waals surface area contributed by atoms with Gasteiger partial charge >= 0.3 is 6.18 Å². The highest BCUT2D eigenvalue weighted by molar-refractivity contribution is 5.47. The van der Waals surface area contributed by atoms with Gasteiger partial charge in [-0.1, -0.05) is 12.1 Å². The van der Waals surface area contributed by atoms with Crippen LogP contribution in [0.25, 0.3) is 5.65 Å². The van der Waals surface area contributed by atoms with Crippen LogP contribution >= 0.6 is 0 Å². The summed E-state index contributed by atoms with van der Waals surface area (Å²) >= 11 is 0. The molecule has 0 amide bonds. The van der Waals surface area contributed by atoms with Gasteiger partial charge in [0, 0.05) is 12.0 Å². The van der Waals surface area contributed by atoms with E-state index in [0.717, 1.165) is 12.0 Å². The van der Waals surface area contributed by atoms with Gasteiger partial charge in [0.15, 0.2) is 5.65 Å². The van der Waals surface area contributed by atoms with Gasteiger partial charge in [0.1, 0.15) is 11.6 Å². The number of hydrogen-bond donors (Lipinski definition) is 1. The van der Waals surface area contributed by atoms with E-state index in [1.165, 1.54) is 18.2 Å². The van der Waals surface area contributed by atoms with Crippen LogP contribution in [0.1, 0.15) is 23.7 Å². The average molecular weight is 337 g/mol. The molecule has 0 aliphatic heterocycles. The Balaban J connectivity index is 1.56. The molecule has 24 heavy (non-hydrogen) atoms. The van der Waals surface area contributed by atoms with Crippen molar-refractivity contribution in [1.82, 2.24) is 19.8 Å². The summed E-state index contributed by atoms with van der Waals surface area (Å²) in [5.41, 5.74) is 0.874. The molecule has 1 aliphatic carbocycles. The average Bonchev–Trinajstić information content (AvgIpc) is 3.14. The van der Waals surface area contributed by atoms with E-state index >= 15 is 0 Å². The van der Waals surface area contributed by atoms with Crippen molar-refractivity contribution >= 4 is 11.5 Å². The molecule has 1 aromatic carbocycles. The second-order valence-corrected chi connectivity index (χ2v) is 5.66. The highest BCUT2D eigenvalue weighted by Crippen LogP contribution is 2.42. The Kier molecular flexibility index (Phi) is 3.19. The number of aromatic nitrogens is 4. The Labute approximate surface area is 133 Å². The van der Waals surface area contributed by atoms with Crippen LogP contribution in [0.2, 0.25) is 0 Å². The minimum absolute atomic E-state index is 0.00238. The predicted octanol–water partition coefficient (Wildman–Crippen LogP) is 3.25. The molecule has 2 aromatic heterocycles. The molecule has 0 spiro atoms. The number of halogens is 4. The largest absolute Gasteiger partial charge is 0.453 e. The fourth-order valence-corrected chi connectivity index (χ4v) is 2.69. The number of fused-ring (bicyclic) bond motifs is 1. The van der Waals surface area contributed by atoms with Gasteiger partial charge in [-0.25, -0.2) is 4.39 Å². The Hall–Kier alpha value is -2.71. The Morgan fingerprint density at radius 2 is 1.96 bits per heavy atom. The Bertz CT molecular complexity index is 904. The first kappa shape index (κ1) is 14.9. The molecule has 1 aliphatic rings. The van der Waals surface area contributed by atoms with E-state index in [-0.39, 0.29) is 29.2 Å². The zero-order valence-corrected chi connectivity index (χ0v) is 12.1. The first-order valence-electron chi connectivity index (χ1n) is 7.23. The van der Waals surface area contributed by atoms with E-state index in [9.17, 15) is 17.6 Å². The summed E-state index contributed by atoms with van der Waals surface area (Å²) in [6.07, 6.45) is -3.87. The lowest BCUT2D eigenvalue weighted by atomic mass is 10.1. The van der Waals surface area contributed by atoms with Crippen LogP contribution < -0.4 is 5.32 Å². The summed E-state index contributed by atoms with van der Waals surface area (Å²) < 4.78 is 52.5. The third-order valence-corrected chi connectivity index (χ3v) is 3.92. The van der Waals surface area contributed by atoms with Crippen LogP contribution in [0.3, 0.4) is 0 Å². The summed E-state index contributed by atoms with van der Waals surface area (Å²) in [5.74, 6) is -1.08. The number of nitrogens with one attached hydrogen (secondary N) is 1. The van der Waals surface area contributed by atoms with Crippen molar-refractivity contribution in [3.05, 3.63) is 53.6 Å². The molecule has 0 saturated heterocycles. The normalized spacial score (nSPS) is 20.3. The van der Waals surface area contributed by atoms with Crippen molar-refractivity contribution in [3.8, 4) is 0 Å². The van der Waals surface area contributed by atoms with E-state index in [2.05, 4.69) is 20.6 Å². The fourth-order valence-electron chi connectivity index (χ4n) is 2.69. The zero-order valence-electron chi connectivity index (χ0n) is 12.1. The molecule has 4 rings (SSSR count). The van der Waals surface area contributed by atoms with Crippen molar-refractivity contribution < 1.29 is 17.6 Å². The van der Waals surface area contributed by atoms with E-state index in [1.807, 2.05) is 6.07 Å². The van der Waals surface area contributed by atoms with Gasteiger partial charge in [-0.3, -0.25) is 0 Å². The second kappa shape index (κ2) is 5.15. The molecule has 9 heteroatoms. The molecule has 0 unspecified atom stereocenters. The quantitative estimate of drug-likeness (QED) is 0.746. The SMILES string of the molecule is Fc1cccc([C@@H]2C[C@H]2Nc2ccc3nnc(C(F)(F)F)n3n2)c1. The van der Waals surface area contributed by atoms with Gasteiger partial charge in [0.2, 0.25) is 0 Å². The Morgan fingerprint density at radius 1 is 1.12 bits per heavy atom. The standard InChI is InChI=1S/C15H11F4N5/c16-9-3-1-2-8(6-9)10-7-11(10)20-12-4-5-13-21-22-14(15(17,18)19)24(13)23-12/h1-6,10-11H,7H2,(H,20,23)/t10-,11+/m0/s1. The molecular formula is C15H11F4N5. The zero-order chi connectivity index (χ0) is 16.9. The van der Waals surface area contributed by atoms with E-state index < -0.39 is 12.0 Å². The van der Waals surface area contributed by atoms with Crippen molar-refractivity contribution in [2.45, 2.75) is 24.6 Å². The number of hydrogen-bond acceptors (Lipinski definition) is 4. The van der Waals surface area contributed by atoms with Crippen molar-refractivity contribution in [3.63, 3.8) is 0 Å². The molecule has 1 saturated carbocycles. The molecule has 2 atom stereocenters. The summed E-state index contributed by atoms with van der Waals surface area (Å²) in [7, 11) is 0. The molecule has 1 N–H and O–H groups in total. The van der Waals surface area contributed by atoms with Gasteiger partial charge < -0.3 is 5.32 Å². The number of nitrogens with zero attached hydrogens (tertiary/aromatic N) is 4. The number of anilines is 1.